The molecule has 8 heteroatoms. The fourth-order valence-corrected chi connectivity index (χ4v) is 4.24. The van der Waals surface area contributed by atoms with Crippen LogP contribution in [0, 0.1) is 0 Å². The second-order valence-electron chi connectivity index (χ2n) is 5.63. The predicted molar refractivity (Wildman–Crippen MR) is 94.6 cm³/mol. The molecule has 1 atom stereocenters. The van der Waals surface area contributed by atoms with Gasteiger partial charge in [0.1, 0.15) is 0 Å². The van der Waals surface area contributed by atoms with E-state index in [9.17, 15) is 8.42 Å². The molecule has 7 nitrogen and oxygen atoms in total. The Labute approximate surface area is 143 Å². The Kier molecular flexibility index (Phi) is 6.30. The van der Waals surface area contributed by atoms with Crippen LogP contribution in [-0.2, 0) is 16.4 Å². The van der Waals surface area contributed by atoms with Gasteiger partial charge in [-0.15, -0.1) is 0 Å². The molecule has 2 N–H and O–H groups in total. The van der Waals surface area contributed by atoms with Crippen molar-refractivity contribution in [3.63, 3.8) is 0 Å². The lowest BCUT2D eigenvalue weighted by Crippen LogP contribution is -2.44. The molecule has 24 heavy (non-hydrogen) atoms. The molecule has 0 spiro atoms. The lowest BCUT2D eigenvalue weighted by Gasteiger charge is -2.16. The SMILES string of the molecule is CCNC(=NCc1ccc(OC)c(OC)c1)NC1CCS(=O)(=O)C1. The van der Waals surface area contributed by atoms with Gasteiger partial charge in [0.2, 0.25) is 0 Å². The lowest BCUT2D eigenvalue weighted by molar-refractivity contribution is 0.354. The monoisotopic (exact) mass is 355 g/mol. The molecule has 1 aliphatic heterocycles. The highest BCUT2D eigenvalue weighted by molar-refractivity contribution is 7.91. The summed E-state index contributed by atoms with van der Waals surface area (Å²) in [6, 6.07) is 5.56. The highest BCUT2D eigenvalue weighted by Crippen LogP contribution is 2.27. The maximum Gasteiger partial charge on any atom is 0.191 e. The van der Waals surface area contributed by atoms with Crippen molar-refractivity contribution in [3.8, 4) is 11.5 Å². The van der Waals surface area contributed by atoms with Crippen LogP contribution in [0.4, 0.5) is 0 Å². The molecule has 1 unspecified atom stereocenters. The fourth-order valence-electron chi connectivity index (χ4n) is 2.57. The highest BCUT2D eigenvalue weighted by Gasteiger charge is 2.28. The average Bonchev–Trinajstić information content (AvgIpc) is 2.91. The van der Waals surface area contributed by atoms with Gasteiger partial charge in [-0.05, 0) is 31.0 Å². The first-order valence-electron chi connectivity index (χ1n) is 7.93. The second-order valence-corrected chi connectivity index (χ2v) is 7.86. The van der Waals surface area contributed by atoms with Crippen LogP contribution in [0.3, 0.4) is 0 Å². The van der Waals surface area contributed by atoms with Crippen molar-refractivity contribution in [1.29, 1.82) is 0 Å². The number of rotatable bonds is 6. The molecule has 1 aromatic carbocycles. The smallest absolute Gasteiger partial charge is 0.191 e. The maximum absolute atomic E-state index is 11.6. The molecule has 134 valence electrons. The van der Waals surface area contributed by atoms with Gasteiger partial charge >= 0.3 is 0 Å². The number of hydrogen-bond acceptors (Lipinski definition) is 5. The summed E-state index contributed by atoms with van der Waals surface area (Å²) < 4.78 is 33.6. The van der Waals surface area contributed by atoms with Gasteiger partial charge in [-0.25, -0.2) is 13.4 Å². The van der Waals surface area contributed by atoms with Crippen LogP contribution in [0.5, 0.6) is 11.5 Å². The number of nitrogens with zero attached hydrogens (tertiary/aromatic N) is 1. The van der Waals surface area contributed by atoms with Crippen LogP contribution in [0.1, 0.15) is 18.9 Å². The molecule has 1 aromatic rings. The van der Waals surface area contributed by atoms with Gasteiger partial charge < -0.3 is 20.1 Å². The van der Waals surface area contributed by atoms with E-state index in [1.807, 2.05) is 25.1 Å². The molecule has 1 saturated heterocycles. The Morgan fingerprint density at radius 1 is 1.29 bits per heavy atom. The molecule has 1 fully saturated rings. The summed E-state index contributed by atoms with van der Waals surface area (Å²) in [6.07, 6.45) is 0.614. The largest absolute Gasteiger partial charge is 0.493 e. The van der Waals surface area contributed by atoms with E-state index in [2.05, 4.69) is 15.6 Å². The third-order valence-corrected chi connectivity index (χ3v) is 5.55. The van der Waals surface area contributed by atoms with Crippen molar-refractivity contribution in [3.05, 3.63) is 23.8 Å². The molecule has 0 aromatic heterocycles. The summed E-state index contributed by atoms with van der Waals surface area (Å²) in [4.78, 5) is 4.53. The molecule has 0 amide bonds. The zero-order chi connectivity index (χ0) is 17.6. The Morgan fingerprint density at radius 2 is 2.04 bits per heavy atom. The Bertz CT molecular complexity index is 689. The van der Waals surface area contributed by atoms with Crippen molar-refractivity contribution in [1.82, 2.24) is 10.6 Å². The van der Waals surface area contributed by atoms with Crippen LogP contribution in [0.15, 0.2) is 23.2 Å². The topological polar surface area (TPSA) is 89.0 Å². The second kappa shape index (κ2) is 8.23. The average molecular weight is 355 g/mol. The maximum atomic E-state index is 11.6. The first-order valence-corrected chi connectivity index (χ1v) is 9.75. The van der Waals surface area contributed by atoms with E-state index in [1.165, 1.54) is 0 Å². The molecule has 1 heterocycles. The van der Waals surface area contributed by atoms with Gasteiger partial charge in [0.15, 0.2) is 27.3 Å². The number of aliphatic imine (C=N–C) groups is 1. The Morgan fingerprint density at radius 3 is 2.62 bits per heavy atom. The molecule has 0 bridgehead atoms. The minimum absolute atomic E-state index is 0.0850. The number of ether oxygens (including phenoxy) is 2. The molecular weight excluding hydrogens is 330 g/mol. The van der Waals surface area contributed by atoms with Crippen LogP contribution in [0.2, 0.25) is 0 Å². The van der Waals surface area contributed by atoms with Gasteiger partial charge in [-0.3, -0.25) is 0 Å². The third kappa shape index (κ3) is 5.02. The summed E-state index contributed by atoms with van der Waals surface area (Å²) >= 11 is 0. The van der Waals surface area contributed by atoms with E-state index in [0.717, 1.165) is 5.56 Å². The number of sulfone groups is 1. The van der Waals surface area contributed by atoms with E-state index < -0.39 is 9.84 Å². The highest BCUT2D eigenvalue weighted by atomic mass is 32.2. The van der Waals surface area contributed by atoms with Crippen LogP contribution in [-0.4, -0.2) is 52.7 Å². The summed E-state index contributed by atoms with van der Waals surface area (Å²) in [6.45, 7) is 3.13. The van der Waals surface area contributed by atoms with Gasteiger partial charge in [0, 0.05) is 12.6 Å². The predicted octanol–water partition coefficient (Wildman–Crippen LogP) is 0.946. The van der Waals surface area contributed by atoms with Gasteiger partial charge in [0.05, 0.1) is 32.3 Å². The first-order chi connectivity index (χ1) is 11.5. The molecule has 1 aliphatic rings. The van der Waals surface area contributed by atoms with E-state index in [-0.39, 0.29) is 17.5 Å². The normalized spacial score (nSPS) is 19.8. The fraction of sp³-hybridized carbons (Fsp3) is 0.562. The van der Waals surface area contributed by atoms with Crippen LogP contribution in [0.25, 0.3) is 0 Å². The zero-order valence-corrected chi connectivity index (χ0v) is 15.1. The summed E-state index contributed by atoms with van der Waals surface area (Å²) in [5.41, 5.74) is 0.976. The molecule has 0 saturated carbocycles. The van der Waals surface area contributed by atoms with Crippen molar-refractivity contribution in [2.75, 3.05) is 32.3 Å². The number of guanidine groups is 1. The Balaban J connectivity index is 2.05. The first kappa shape index (κ1) is 18.4. The summed E-state index contributed by atoms with van der Waals surface area (Å²) in [7, 11) is 0.275. The quantitative estimate of drug-likeness (QED) is 0.583. The van der Waals surface area contributed by atoms with Gasteiger partial charge in [0.25, 0.3) is 0 Å². The van der Waals surface area contributed by atoms with Crippen molar-refractivity contribution >= 4 is 15.8 Å². The zero-order valence-electron chi connectivity index (χ0n) is 14.3. The number of nitrogens with one attached hydrogen (secondary N) is 2. The molecule has 0 aliphatic carbocycles. The molecule has 2 rings (SSSR count). The van der Waals surface area contributed by atoms with Crippen LogP contribution >= 0.6 is 0 Å². The van der Waals surface area contributed by atoms with E-state index >= 15 is 0 Å². The summed E-state index contributed by atoms with van der Waals surface area (Å²) in [5, 5.41) is 6.34. The summed E-state index contributed by atoms with van der Waals surface area (Å²) in [5.74, 6) is 2.35. The van der Waals surface area contributed by atoms with E-state index in [1.54, 1.807) is 14.2 Å². The number of benzene rings is 1. The van der Waals surface area contributed by atoms with Crippen molar-refractivity contribution in [2.45, 2.75) is 25.9 Å². The third-order valence-electron chi connectivity index (χ3n) is 3.79. The molecular formula is C16H25N3O4S. The Hall–Kier alpha value is -1.96. The lowest BCUT2D eigenvalue weighted by atomic mass is 10.2. The van der Waals surface area contributed by atoms with Gasteiger partial charge in [-0.1, -0.05) is 6.07 Å². The van der Waals surface area contributed by atoms with E-state index in [0.29, 0.717) is 37.0 Å². The minimum Gasteiger partial charge on any atom is -0.493 e. The van der Waals surface area contributed by atoms with Crippen molar-refractivity contribution < 1.29 is 17.9 Å². The number of methoxy groups -OCH3 is 2. The minimum atomic E-state index is -2.92. The van der Waals surface area contributed by atoms with E-state index in [4.69, 9.17) is 9.47 Å². The van der Waals surface area contributed by atoms with Gasteiger partial charge in [-0.2, -0.15) is 0 Å². The number of hydrogen-bond donors (Lipinski definition) is 2. The van der Waals surface area contributed by atoms with Crippen LogP contribution < -0.4 is 20.1 Å². The standard InChI is InChI=1S/C16H25N3O4S/c1-4-17-16(19-13-7-8-24(20,21)11-13)18-10-12-5-6-14(22-2)15(9-12)23-3/h5-6,9,13H,4,7-8,10-11H2,1-3H3,(H2,17,18,19). The van der Waals surface area contributed by atoms with Crippen molar-refractivity contribution in [2.24, 2.45) is 4.99 Å². The molecule has 0 radical (unpaired) electrons.